The minimum Gasteiger partial charge on any atom is -0.479 e. The number of benzene rings is 2. The Kier molecular flexibility index (Phi) is 5.62. The van der Waals surface area contributed by atoms with Gasteiger partial charge in [0.2, 0.25) is 0 Å². The van der Waals surface area contributed by atoms with Crippen molar-refractivity contribution in [2.75, 3.05) is 11.9 Å². The van der Waals surface area contributed by atoms with Crippen molar-refractivity contribution in [3.8, 4) is 17.2 Å². The number of esters is 1. The molecular formula is C19H17F2NO6. The van der Waals surface area contributed by atoms with Crippen molar-refractivity contribution < 1.29 is 37.3 Å². The second kappa shape index (κ2) is 8.12. The van der Waals surface area contributed by atoms with Crippen molar-refractivity contribution in [2.45, 2.75) is 25.7 Å². The molecule has 0 aromatic heterocycles. The summed E-state index contributed by atoms with van der Waals surface area (Å²) in [5, 5.41) is 2.42. The zero-order valence-corrected chi connectivity index (χ0v) is 14.8. The molecule has 0 unspecified atom stereocenters. The zero-order chi connectivity index (χ0) is 20.1. The summed E-state index contributed by atoms with van der Waals surface area (Å²) < 4.78 is 45.1. The number of rotatable bonds is 7. The number of hydrogen-bond acceptors (Lipinski definition) is 6. The van der Waals surface area contributed by atoms with Crippen LogP contribution < -0.4 is 19.5 Å². The Labute approximate surface area is 159 Å². The van der Waals surface area contributed by atoms with Gasteiger partial charge in [0, 0.05) is 11.8 Å². The Morgan fingerprint density at radius 2 is 1.82 bits per heavy atom. The maximum absolute atomic E-state index is 13.0. The minimum atomic E-state index is -3.74. The van der Waals surface area contributed by atoms with Crippen molar-refractivity contribution in [3.05, 3.63) is 48.5 Å². The van der Waals surface area contributed by atoms with Gasteiger partial charge < -0.3 is 24.3 Å². The fraction of sp³-hybridized carbons (Fsp3) is 0.263. The predicted octanol–water partition coefficient (Wildman–Crippen LogP) is 3.35. The summed E-state index contributed by atoms with van der Waals surface area (Å²) in [6.07, 6.45) is -4.25. The van der Waals surface area contributed by atoms with Crippen LogP contribution in [-0.4, -0.2) is 30.9 Å². The van der Waals surface area contributed by atoms with E-state index in [1.807, 2.05) is 6.07 Å². The Hall–Kier alpha value is -3.36. The van der Waals surface area contributed by atoms with E-state index in [1.54, 1.807) is 31.2 Å². The molecule has 0 radical (unpaired) electrons. The lowest BCUT2D eigenvalue weighted by Gasteiger charge is -2.16. The molecule has 2 aromatic rings. The first-order chi connectivity index (χ1) is 13.4. The minimum absolute atomic E-state index is 0.140. The first-order valence-corrected chi connectivity index (χ1v) is 8.44. The smallest absolute Gasteiger partial charge is 0.479 e. The third-order valence-corrected chi connectivity index (χ3v) is 3.69. The lowest BCUT2D eigenvalue weighted by atomic mass is 10.2. The number of anilines is 1. The van der Waals surface area contributed by atoms with Crippen molar-refractivity contribution >= 4 is 17.6 Å². The van der Waals surface area contributed by atoms with E-state index in [1.165, 1.54) is 18.2 Å². The summed E-state index contributed by atoms with van der Waals surface area (Å²) in [6.45, 7) is 1.19. The van der Waals surface area contributed by atoms with Gasteiger partial charge in [-0.3, -0.25) is 4.79 Å². The molecule has 1 amide bonds. The normalized spacial score (nSPS) is 14.8. The third-order valence-electron chi connectivity index (χ3n) is 3.69. The van der Waals surface area contributed by atoms with Crippen molar-refractivity contribution in [1.29, 1.82) is 0 Å². The van der Waals surface area contributed by atoms with Crippen LogP contribution in [0.15, 0.2) is 48.5 Å². The van der Waals surface area contributed by atoms with E-state index in [2.05, 4.69) is 14.8 Å². The van der Waals surface area contributed by atoms with Crippen molar-refractivity contribution in [3.63, 3.8) is 0 Å². The molecule has 28 heavy (non-hydrogen) atoms. The molecule has 9 heteroatoms. The molecule has 2 aromatic carbocycles. The van der Waals surface area contributed by atoms with Gasteiger partial charge in [0.15, 0.2) is 24.2 Å². The second-order valence-corrected chi connectivity index (χ2v) is 5.81. The molecule has 7 nitrogen and oxygen atoms in total. The first kappa shape index (κ1) is 19.4. The monoisotopic (exact) mass is 393 g/mol. The van der Waals surface area contributed by atoms with Gasteiger partial charge in [0.25, 0.3) is 5.91 Å². The van der Waals surface area contributed by atoms with Gasteiger partial charge >= 0.3 is 12.3 Å². The topological polar surface area (TPSA) is 83.1 Å². The van der Waals surface area contributed by atoms with Gasteiger partial charge in [-0.15, -0.1) is 8.78 Å². The Morgan fingerprint density at radius 1 is 1.11 bits per heavy atom. The number of hydrogen-bond donors (Lipinski definition) is 1. The van der Waals surface area contributed by atoms with Crippen LogP contribution in [-0.2, 0) is 14.3 Å². The maximum Gasteiger partial charge on any atom is 0.586 e. The quantitative estimate of drug-likeness (QED) is 0.727. The molecule has 0 saturated heterocycles. The molecule has 0 spiro atoms. The maximum atomic E-state index is 13.0. The fourth-order valence-corrected chi connectivity index (χ4v) is 2.41. The van der Waals surface area contributed by atoms with E-state index in [4.69, 9.17) is 9.47 Å². The molecule has 0 fully saturated rings. The van der Waals surface area contributed by atoms with Crippen LogP contribution in [0.5, 0.6) is 17.2 Å². The fourth-order valence-electron chi connectivity index (χ4n) is 2.41. The lowest BCUT2D eigenvalue weighted by Crippen LogP contribution is -2.31. The molecule has 1 heterocycles. The molecule has 0 bridgehead atoms. The highest BCUT2D eigenvalue weighted by atomic mass is 19.3. The van der Waals surface area contributed by atoms with Crippen LogP contribution in [0.2, 0.25) is 0 Å². The van der Waals surface area contributed by atoms with Crippen LogP contribution in [0.25, 0.3) is 0 Å². The van der Waals surface area contributed by atoms with Gasteiger partial charge in [-0.1, -0.05) is 25.1 Å². The van der Waals surface area contributed by atoms with E-state index in [0.717, 1.165) is 0 Å². The van der Waals surface area contributed by atoms with Crippen LogP contribution in [0.3, 0.4) is 0 Å². The van der Waals surface area contributed by atoms with Crippen LogP contribution in [0.4, 0.5) is 14.5 Å². The van der Waals surface area contributed by atoms with E-state index in [9.17, 15) is 18.4 Å². The van der Waals surface area contributed by atoms with Gasteiger partial charge in [0.05, 0.1) is 0 Å². The van der Waals surface area contributed by atoms with E-state index in [-0.39, 0.29) is 17.2 Å². The zero-order valence-electron chi connectivity index (χ0n) is 14.8. The van der Waals surface area contributed by atoms with E-state index in [0.29, 0.717) is 12.2 Å². The highest BCUT2D eigenvalue weighted by molar-refractivity contribution is 5.93. The number of fused-ring (bicyclic) bond motifs is 1. The van der Waals surface area contributed by atoms with Crippen molar-refractivity contribution in [1.82, 2.24) is 0 Å². The number of nitrogens with one attached hydrogen (secondary N) is 1. The standard InChI is InChI=1S/C19H17F2NO6/c1-2-14(26-13-6-4-3-5-7-13)18(24)25-11-17(23)22-12-8-9-15-16(10-12)28-19(20,21)27-15/h3-10,14H,2,11H2,1H3,(H,22,23)/t14-/m1/s1. The summed E-state index contributed by atoms with van der Waals surface area (Å²) in [4.78, 5) is 24.1. The largest absolute Gasteiger partial charge is 0.586 e. The van der Waals surface area contributed by atoms with Crippen LogP contribution in [0.1, 0.15) is 13.3 Å². The molecule has 3 rings (SSSR count). The number of ether oxygens (including phenoxy) is 4. The lowest BCUT2D eigenvalue weighted by molar-refractivity contribution is -0.286. The number of carbonyl (C=O) groups is 2. The number of halogens is 2. The van der Waals surface area contributed by atoms with E-state index >= 15 is 0 Å². The summed E-state index contributed by atoms with van der Waals surface area (Å²) in [5.41, 5.74) is 0.189. The molecule has 0 saturated carbocycles. The average molecular weight is 393 g/mol. The SMILES string of the molecule is CC[C@@H](Oc1ccccc1)C(=O)OCC(=O)Nc1ccc2c(c1)OC(F)(F)O2. The molecular weight excluding hydrogens is 376 g/mol. The summed E-state index contributed by atoms with van der Waals surface area (Å²) in [7, 11) is 0. The average Bonchev–Trinajstić information content (AvgIpc) is 2.98. The molecule has 1 N–H and O–H groups in total. The van der Waals surface area contributed by atoms with Gasteiger partial charge in [-0.05, 0) is 30.7 Å². The molecule has 148 valence electrons. The highest BCUT2D eigenvalue weighted by Crippen LogP contribution is 2.42. The summed E-state index contributed by atoms with van der Waals surface area (Å²) in [6, 6.07) is 12.5. The third kappa shape index (κ3) is 4.87. The number of amides is 1. The molecule has 1 atom stereocenters. The van der Waals surface area contributed by atoms with Crippen molar-refractivity contribution in [2.24, 2.45) is 0 Å². The Bertz CT molecular complexity index is 859. The Balaban J connectivity index is 1.51. The number of carbonyl (C=O) groups excluding carboxylic acids is 2. The van der Waals surface area contributed by atoms with Gasteiger partial charge in [-0.25, -0.2) is 4.79 Å². The molecule has 1 aliphatic rings. The molecule has 1 aliphatic heterocycles. The second-order valence-electron chi connectivity index (χ2n) is 5.81. The first-order valence-electron chi connectivity index (χ1n) is 8.44. The Morgan fingerprint density at radius 3 is 2.54 bits per heavy atom. The van der Waals surface area contributed by atoms with Gasteiger partial charge in [0.1, 0.15) is 5.75 Å². The highest BCUT2D eigenvalue weighted by Gasteiger charge is 2.43. The number of alkyl halides is 2. The van der Waals surface area contributed by atoms with Crippen LogP contribution in [0, 0.1) is 0 Å². The number of para-hydroxylation sites is 1. The summed E-state index contributed by atoms with van der Waals surface area (Å²) in [5.74, 6) is -1.17. The van der Waals surface area contributed by atoms with E-state index < -0.39 is 30.9 Å². The summed E-state index contributed by atoms with van der Waals surface area (Å²) >= 11 is 0. The van der Waals surface area contributed by atoms with Gasteiger partial charge in [-0.2, -0.15) is 0 Å². The molecule has 0 aliphatic carbocycles. The predicted molar refractivity (Wildman–Crippen MR) is 93.4 cm³/mol. The van der Waals surface area contributed by atoms with Crippen LogP contribution >= 0.6 is 0 Å².